The van der Waals surface area contributed by atoms with Gasteiger partial charge in [-0.25, -0.2) is 9.59 Å². The second-order valence-electron chi connectivity index (χ2n) is 8.05. The summed E-state index contributed by atoms with van der Waals surface area (Å²) in [6.07, 6.45) is -0.212. The normalized spacial score (nSPS) is 12.9. The summed E-state index contributed by atoms with van der Waals surface area (Å²) >= 11 is 0. The number of hydrogen-bond acceptors (Lipinski definition) is 5. The fourth-order valence-corrected chi connectivity index (χ4v) is 4.49. The third kappa shape index (κ3) is 4.69. The number of para-hydroxylation sites is 1. The lowest BCUT2D eigenvalue weighted by Gasteiger charge is -2.18. The zero-order valence-electron chi connectivity index (χ0n) is 19.1. The van der Waals surface area contributed by atoms with Gasteiger partial charge in [0.2, 0.25) is 0 Å². The molecule has 0 aromatic heterocycles. The predicted octanol–water partition coefficient (Wildman–Crippen LogP) is 4.63. The van der Waals surface area contributed by atoms with Gasteiger partial charge < -0.3 is 24.6 Å². The number of alkyl carbamates (subject to hydrolysis) is 1. The number of amides is 1. The van der Waals surface area contributed by atoms with E-state index in [4.69, 9.17) is 14.2 Å². The average Bonchev–Trinajstić information content (AvgIpc) is 3.18. The summed E-state index contributed by atoms with van der Waals surface area (Å²) in [5, 5.41) is 12.1. The van der Waals surface area contributed by atoms with Crippen LogP contribution in [0.2, 0.25) is 0 Å². The highest BCUT2D eigenvalue weighted by Crippen LogP contribution is 2.44. The third-order valence-electron chi connectivity index (χ3n) is 6.12. The monoisotopic (exact) mass is 461 g/mol. The van der Waals surface area contributed by atoms with Crippen LogP contribution in [-0.2, 0) is 16.0 Å². The van der Waals surface area contributed by atoms with E-state index >= 15 is 0 Å². The number of fused-ring (bicyclic) bond motifs is 3. The maximum atomic E-state index is 12.5. The molecule has 4 rings (SSSR count). The van der Waals surface area contributed by atoms with Crippen LogP contribution in [0.15, 0.2) is 66.7 Å². The Morgan fingerprint density at radius 2 is 1.56 bits per heavy atom. The highest BCUT2D eigenvalue weighted by atomic mass is 16.5. The number of rotatable bonds is 9. The van der Waals surface area contributed by atoms with E-state index in [0.717, 1.165) is 27.8 Å². The molecule has 176 valence electrons. The second-order valence-corrected chi connectivity index (χ2v) is 8.05. The Morgan fingerprint density at radius 1 is 0.912 bits per heavy atom. The highest BCUT2D eigenvalue weighted by Gasteiger charge is 2.29. The van der Waals surface area contributed by atoms with Crippen LogP contribution in [0.1, 0.15) is 29.0 Å². The zero-order chi connectivity index (χ0) is 24.1. The van der Waals surface area contributed by atoms with E-state index in [9.17, 15) is 14.7 Å². The number of methoxy groups -OCH3 is 2. The maximum Gasteiger partial charge on any atom is 0.407 e. The van der Waals surface area contributed by atoms with Gasteiger partial charge in [0.1, 0.15) is 12.6 Å². The van der Waals surface area contributed by atoms with Crippen LogP contribution in [0.3, 0.4) is 0 Å². The molecule has 7 nitrogen and oxygen atoms in total. The average molecular weight is 462 g/mol. The van der Waals surface area contributed by atoms with E-state index in [1.807, 2.05) is 48.5 Å². The molecule has 1 amide bonds. The van der Waals surface area contributed by atoms with E-state index < -0.39 is 18.1 Å². The van der Waals surface area contributed by atoms with Gasteiger partial charge in [0.05, 0.1) is 14.2 Å². The van der Waals surface area contributed by atoms with E-state index in [1.165, 1.54) is 7.11 Å². The zero-order valence-corrected chi connectivity index (χ0v) is 19.1. The van der Waals surface area contributed by atoms with Crippen LogP contribution >= 0.6 is 0 Å². The van der Waals surface area contributed by atoms with Crippen LogP contribution in [0.25, 0.3) is 11.1 Å². The van der Waals surface area contributed by atoms with Crippen molar-refractivity contribution in [1.82, 2.24) is 5.32 Å². The highest BCUT2D eigenvalue weighted by molar-refractivity contribution is 5.81. The largest absolute Gasteiger partial charge is 0.493 e. The number of aliphatic carboxylic acids is 1. The number of carbonyl (C=O) groups excluding carboxylic acids is 1. The van der Waals surface area contributed by atoms with Crippen LogP contribution < -0.4 is 14.8 Å². The molecule has 0 spiro atoms. The predicted molar refractivity (Wildman–Crippen MR) is 127 cm³/mol. The van der Waals surface area contributed by atoms with Crippen molar-refractivity contribution in [1.29, 1.82) is 0 Å². The molecule has 0 fully saturated rings. The van der Waals surface area contributed by atoms with Crippen molar-refractivity contribution in [3.63, 3.8) is 0 Å². The Bertz CT molecular complexity index is 1150. The Labute approximate surface area is 198 Å². The number of aryl methyl sites for hydroxylation is 1. The van der Waals surface area contributed by atoms with Crippen molar-refractivity contribution in [3.8, 4) is 22.6 Å². The molecule has 0 aliphatic heterocycles. The molecule has 3 aromatic rings. The first-order chi connectivity index (χ1) is 16.5. The molecule has 0 heterocycles. The minimum absolute atomic E-state index is 0.0949. The van der Waals surface area contributed by atoms with Gasteiger partial charge in [-0.3, -0.25) is 0 Å². The van der Waals surface area contributed by atoms with Crippen molar-refractivity contribution in [2.45, 2.75) is 24.8 Å². The van der Waals surface area contributed by atoms with Gasteiger partial charge >= 0.3 is 12.1 Å². The Balaban J connectivity index is 1.40. The summed E-state index contributed by atoms with van der Waals surface area (Å²) in [5.41, 5.74) is 5.24. The van der Waals surface area contributed by atoms with Gasteiger partial charge in [0.25, 0.3) is 0 Å². The Morgan fingerprint density at radius 3 is 2.15 bits per heavy atom. The van der Waals surface area contributed by atoms with Crippen molar-refractivity contribution in [2.24, 2.45) is 0 Å². The van der Waals surface area contributed by atoms with Gasteiger partial charge in [-0.2, -0.15) is 0 Å². The molecule has 1 aliphatic rings. The molecule has 1 atom stereocenters. The number of benzene rings is 3. The fraction of sp³-hybridized carbons (Fsp3) is 0.259. The molecular formula is C27H27NO6. The minimum atomic E-state index is -1.13. The van der Waals surface area contributed by atoms with Gasteiger partial charge in [-0.1, -0.05) is 60.7 Å². The molecule has 0 saturated heterocycles. The van der Waals surface area contributed by atoms with Crippen LogP contribution in [-0.4, -0.2) is 44.0 Å². The molecule has 0 saturated carbocycles. The standard InChI is InChI=1S/C27H27NO6/c1-32-24-13-7-8-17(25(24)33-2)14-15-23(26(29)30)28-27(31)34-16-22-20-11-5-3-9-18(20)19-10-4-6-12-21(19)22/h3-13,22-23H,14-16H2,1-2H3,(H,28,31)(H,29,30). The van der Waals surface area contributed by atoms with E-state index in [-0.39, 0.29) is 18.9 Å². The molecule has 0 bridgehead atoms. The van der Waals surface area contributed by atoms with Crippen molar-refractivity contribution >= 4 is 12.1 Å². The molecule has 1 unspecified atom stereocenters. The lowest BCUT2D eigenvalue weighted by Crippen LogP contribution is -2.41. The maximum absolute atomic E-state index is 12.5. The molecule has 2 N–H and O–H groups in total. The summed E-state index contributed by atoms with van der Waals surface area (Å²) in [7, 11) is 3.07. The number of hydrogen-bond donors (Lipinski definition) is 2. The topological polar surface area (TPSA) is 94.1 Å². The van der Waals surface area contributed by atoms with E-state index in [2.05, 4.69) is 17.4 Å². The molecule has 0 radical (unpaired) electrons. The van der Waals surface area contributed by atoms with Crippen molar-refractivity contribution in [2.75, 3.05) is 20.8 Å². The van der Waals surface area contributed by atoms with Crippen LogP contribution in [0.4, 0.5) is 4.79 Å². The Hall–Kier alpha value is -4.00. The number of carbonyl (C=O) groups is 2. The summed E-state index contributed by atoms with van der Waals surface area (Å²) < 4.78 is 16.2. The van der Waals surface area contributed by atoms with Gasteiger partial charge in [-0.15, -0.1) is 0 Å². The van der Waals surface area contributed by atoms with E-state index in [0.29, 0.717) is 17.9 Å². The number of ether oxygens (including phenoxy) is 3. The molecular weight excluding hydrogens is 434 g/mol. The first kappa shape index (κ1) is 23.2. The number of carboxylic acids is 1. The van der Waals surface area contributed by atoms with Crippen LogP contribution in [0.5, 0.6) is 11.5 Å². The molecule has 3 aromatic carbocycles. The quantitative estimate of drug-likeness (QED) is 0.483. The SMILES string of the molecule is COc1cccc(CCC(NC(=O)OCC2c3ccccc3-c3ccccc32)C(=O)O)c1OC. The van der Waals surface area contributed by atoms with Gasteiger partial charge in [0.15, 0.2) is 11.5 Å². The third-order valence-corrected chi connectivity index (χ3v) is 6.12. The molecule has 34 heavy (non-hydrogen) atoms. The molecule has 1 aliphatic carbocycles. The van der Waals surface area contributed by atoms with Gasteiger partial charge in [0, 0.05) is 5.92 Å². The fourth-order valence-electron chi connectivity index (χ4n) is 4.49. The molecule has 7 heteroatoms. The Kier molecular flexibility index (Phi) is 7.01. The van der Waals surface area contributed by atoms with Crippen molar-refractivity contribution in [3.05, 3.63) is 83.4 Å². The summed E-state index contributed by atoms with van der Waals surface area (Å²) in [5.74, 6) is -0.107. The lowest BCUT2D eigenvalue weighted by molar-refractivity contribution is -0.139. The first-order valence-electron chi connectivity index (χ1n) is 11.1. The minimum Gasteiger partial charge on any atom is -0.493 e. The summed E-state index contributed by atoms with van der Waals surface area (Å²) in [4.78, 5) is 24.3. The summed E-state index contributed by atoms with van der Waals surface area (Å²) in [6, 6.07) is 20.4. The summed E-state index contributed by atoms with van der Waals surface area (Å²) in [6.45, 7) is 0.121. The van der Waals surface area contributed by atoms with Gasteiger partial charge in [-0.05, 0) is 46.7 Å². The number of nitrogens with one attached hydrogen (secondary N) is 1. The second kappa shape index (κ2) is 10.3. The van der Waals surface area contributed by atoms with E-state index in [1.54, 1.807) is 13.2 Å². The number of carboxylic acid groups (broad SMARTS) is 1. The van der Waals surface area contributed by atoms with Crippen molar-refractivity contribution < 1.29 is 28.9 Å². The van der Waals surface area contributed by atoms with Crippen LogP contribution in [0, 0.1) is 0 Å². The first-order valence-corrected chi connectivity index (χ1v) is 11.1. The lowest BCUT2D eigenvalue weighted by atomic mass is 9.98. The smallest absolute Gasteiger partial charge is 0.407 e.